The monoisotopic (exact) mass is 294 g/mol. The molecule has 0 saturated heterocycles. The summed E-state index contributed by atoms with van der Waals surface area (Å²) in [5, 5.41) is 0. The van der Waals surface area contributed by atoms with E-state index in [0.717, 1.165) is 31.8 Å². The summed E-state index contributed by atoms with van der Waals surface area (Å²) in [6, 6.07) is 10.6. The molecule has 1 aromatic carbocycles. The normalized spacial score (nSPS) is 11.8. The van der Waals surface area contributed by atoms with Crippen LogP contribution in [-0.2, 0) is 11.2 Å². The van der Waals surface area contributed by atoms with Crippen molar-refractivity contribution in [2.24, 2.45) is 5.41 Å². The van der Waals surface area contributed by atoms with Gasteiger partial charge in [0.2, 0.25) is 0 Å². The Labute approximate surface area is 130 Å². The third-order valence-electron chi connectivity index (χ3n) is 3.90. The van der Waals surface area contributed by atoms with Crippen LogP contribution in [0.4, 0.5) is 0 Å². The SMILES string of the molecule is CCCC(CS)(CCC)COCCCc1ccccc1. The molecule has 1 aromatic rings. The Morgan fingerprint density at radius 3 is 2.25 bits per heavy atom. The fourth-order valence-corrected chi connectivity index (χ4v) is 3.25. The molecule has 20 heavy (non-hydrogen) atoms. The van der Waals surface area contributed by atoms with Gasteiger partial charge in [0, 0.05) is 12.0 Å². The van der Waals surface area contributed by atoms with Gasteiger partial charge in [0.25, 0.3) is 0 Å². The predicted octanol–water partition coefficient (Wildman–Crippen LogP) is 5.15. The van der Waals surface area contributed by atoms with Crippen molar-refractivity contribution in [3.8, 4) is 0 Å². The molecule has 114 valence electrons. The molecule has 2 heteroatoms. The number of aryl methyl sites for hydroxylation is 1. The summed E-state index contributed by atoms with van der Waals surface area (Å²) in [4.78, 5) is 0. The third-order valence-corrected chi connectivity index (χ3v) is 4.57. The van der Waals surface area contributed by atoms with Crippen LogP contribution in [0.5, 0.6) is 0 Å². The molecular weight excluding hydrogens is 264 g/mol. The van der Waals surface area contributed by atoms with E-state index in [1.165, 1.54) is 31.2 Å². The summed E-state index contributed by atoms with van der Waals surface area (Å²) in [6.45, 7) is 6.23. The maximum Gasteiger partial charge on any atom is 0.0530 e. The molecule has 0 aliphatic heterocycles. The average Bonchev–Trinajstić information content (AvgIpc) is 2.48. The van der Waals surface area contributed by atoms with Gasteiger partial charge >= 0.3 is 0 Å². The molecule has 0 spiro atoms. The lowest BCUT2D eigenvalue weighted by Gasteiger charge is -2.31. The molecule has 1 nitrogen and oxygen atoms in total. The van der Waals surface area contributed by atoms with Crippen LogP contribution in [0.3, 0.4) is 0 Å². The van der Waals surface area contributed by atoms with Gasteiger partial charge in [-0.3, -0.25) is 0 Å². The summed E-state index contributed by atoms with van der Waals surface area (Å²) in [7, 11) is 0. The number of hydrogen-bond acceptors (Lipinski definition) is 2. The van der Waals surface area contributed by atoms with Crippen molar-refractivity contribution in [3.63, 3.8) is 0 Å². The average molecular weight is 295 g/mol. The van der Waals surface area contributed by atoms with Crippen molar-refractivity contribution in [1.29, 1.82) is 0 Å². The molecule has 0 aromatic heterocycles. The van der Waals surface area contributed by atoms with Gasteiger partial charge in [0.15, 0.2) is 0 Å². The molecule has 0 saturated carbocycles. The largest absolute Gasteiger partial charge is 0.381 e. The highest BCUT2D eigenvalue weighted by Gasteiger charge is 2.26. The van der Waals surface area contributed by atoms with Gasteiger partial charge in [-0.1, -0.05) is 57.0 Å². The van der Waals surface area contributed by atoms with E-state index in [9.17, 15) is 0 Å². The molecule has 0 aliphatic rings. The zero-order valence-electron chi connectivity index (χ0n) is 13.1. The molecule has 0 heterocycles. The zero-order valence-corrected chi connectivity index (χ0v) is 14.0. The fraction of sp³-hybridized carbons (Fsp3) is 0.667. The number of rotatable bonds is 11. The first-order valence-corrected chi connectivity index (χ1v) is 8.62. The Bertz CT molecular complexity index is 331. The summed E-state index contributed by atoms with van der Waals surface area (Å²) in [5.74, 6) is 0.938. The Hall–Kier alpha value is -0.470. The minimum absolute atomic E-state index is 0.291. The van der Waals surface area contributed by atoms with Crippen molar-refractivity contribution in [2.75, 3.05) is 19.0 Å². The topological polar surface area (TPSA) is 9.23 Å². The molecule has 0 fully saturated rings. The smallest absolute Gasteiger partial charge is 0.0530 e. The molecule has 0 amide bonds. The van der Waals surface area contributed by atoms with E-state index in [0.29, 0.717) is 5.41 Å². The van der Waals surface area contributed by atoms with Crippen LogP contribution in [-0.4, -0.2) is 19.0 Å². The second-order valence-corrected chi connectivity index (χ2v) is 6.12. The molecule has 0 radical (unpaired) electrons. The summed E-state index contributed by atoms with van der Waals surface area (Å²) in [6.07, 6.45) is 7.09. The first-order chi connectivity index (χ1) is 9.76. The number of ether oxygens (including phenoxy) is 1. The quantitative estimate of drug-likeness (QED) is 0.438. The van der Waals surface area contributed by atoms with E-state index >= 15 is 0 Å². The van der Waals surface area contributed by atoms with Crippen molar-refractivity contribution in [1.82, 2.24) is 0 Å². The van der Waals surface area contributed by atoms with E-state index in [2.05, 4.69) is 56.8 Å². The Morgan fingerprint density at radius 2 is 1.70 bits per heavy atom. The van der Waals surface area contributed by atoms with Crippen molar-refractivity contribution in [2.45, 2.75) is 52.4 Å². The number of benzene rings is 1. The van der Waals surface area contributed by atoms with Crippen molar-refractivity contribution in [3.05, 3.63) is 35.9 Å². The van der Waals surface area contributed by atoms with E-state index in [4.69, 9.17) is 4.74 Å². The highest BCUT2D eigenvalue weighted by molar-refractivity contribution is 7.80. The maximum atomic E-state index is 5.97. The molecule has 0 aliphatic carbocycles. The summed E-state index contributed by atoms with van der Waals surface area (Å²) >= 11 is 4.57. The standard InChI is InChI=1S/C18H30OS/c1-3-12-18(16-20,13-4-2)15-19-14-8-11-17-9-6-5-7-10-17/h5-7,9-10,20H,3-4,8,11-16H2,1-2H3. The Morgan fingerprint density at radius 1 is 1.05 bits per heavy atom. The minimum atomic E-state index is 0.291. The highest BCUT2D eigenvalue weighted by atomic mass is 32.1. The Kier molecular flexibility index (Phi) is 9.04. The highest BCUT2D eigenvalue weighted by Crippen LogP contribution is 2.31. The summed E-state index contributed by atoms with van der Waals surface area (Å²) < 4.78 is 5.97. The molecular formula is C18H30OS. The second kappa shape index (κ2) is 10.3. The molecule has 0 bridgehead atoms. The molecule has 0 atom stereocenters. The van der Waals surface area contributed by atoms with Crippen LogP contribution in [0.1, 0.15) is 51.5 Å². The van der Waals surface area contributed by atoms with Crippen LogP contribution in [0.15, 0.2) is 30.3 Å². The van der Waals surface area contributed by atoms with Gasteiger partial charge in [-0.05, 0) is 37.0 Å². The van der Waals surface area contributed by atoms with Crippen LogP contribution in [0, 0.1) is 5.41 Å². The van der Waals surface area contributed by atoms with E-state index in [-0.39, 0.29) is 0 Å². The van der Waals surface area contributed by atoms with Gasteiger partial charge < -0.3 is 4.74 Å². The third kappa shape index (κ3) is 6.32. The number of hydrogen-bond donors (Lipinski definition) is 1. The van der Waals surface area contributed by atoms with E-state index < -0.39 is 0 Å². The zero-order chi connectivity index (χ0) is 14.7. The van der Waals surface area contributed by atoms with Crippen LogP contribution in [0.25, 0.3) is 0 Å². The molecule has 0 N–H and O–H groups in total. The summed E-state index contributed by atoms with van der Waals surface area (Å²) in [5.41, 5.74) is 1.69. The van der Waals surface area contributed by atoms with Gasteiger partial charge in [0.1, 0.15) is 0 Å². The van der Waals surface area contributed by atoms with Gasteiger partial charge in [-0.25, -0.2) is 0 Å². The van der Waals surface area contributed by atoms with Crippen molar-refractivity contribution >= 4 is 12.6 Å². The lowest BCUT2D eigenvalue weighted by Crippen LogP contribution is -2.29. The Balaban J connectivity index is 2.26. The van der Waals surface area contributed by atoms with Crippen LogP contribution in [0.2, 0.25) is 0 Å². The lowest BCUT2D eigenvalue weighted by molar-refractivity contribution is 0.0439. The first kappa shape index (κ1) is 17.6. The molecule has 1 rings (SSSR count). The van der Waals surface area contributed by atoms with Crippen LogP contribution < -0.4 is 0 Å². The van der Waals surface area contributed by atoms with E-state index in [1.807, 2.05) is 0 Å². The van der Waals surface area contributed by atoms with Crippen molar-refractivity contribution < 1.29 is 4.74 Å². The van der Waals surface area contributed by atoms with E-state index in [1.54, 1.807) is 0 Å². The van der Waals surface area contributed by atoms with Gasteiger partial charge in [-0.15, -0.1) is 0 Å². The predicted molar refractivity (Wildman–Crippen MR) is 91.7 cm³/mol. The second-order valence-electron chi connectivity index (χ2n) is 5.80. The fourth-order valence-electron chi connectivity index (χ4n) is 2.85. The lowest BCUT2D eigenvalue weighted by atomic mass is 9.82. The minimum Gasteiger partial charge on any atom is -0.381 e. The number of thiol groups is 1. The van der Waals surface area contributed by atoms with Gasteiger partial charge in [0.05, 0.1) is 6.61 Å². The van der Waals surface area contributed by atoms with Crippen LogP contribution >= 0.6 is 12.6 Å². The maximum absolute atomic E-state index is 5.97. The van der Waals surface area contributed by atoms with Gasteiger partial charge in [-0.2, -0.15) is 12.6 Å². The first-order valence-electron chi connectivity index (χ1n) is 7.99. The molecule has 0 unspecified atom stereocenters.